The van der Waals surface area contributed by atoms with Crippen LogP contribution in [0.1, 0.15) is 25.0 Å². The minimum atomic E-state index is -0.159. The van der Waals surface area contributed by atoms with E-state index >= 15 is 0 Å². The maximum absolute atomic E-state index is 6.52. The lowest BCUT2D eigenvalue weighted by Gasteiger charge is -2.36. The Kier molecular flexibility index (Phi) is 3.96. The third kappa shape index (κ3) is 2.61. The van der Waals surface area contributed by atoms with Gasteiger partial charge in [-0.25, -0.2) is 0 Å². The van der Waals surface area contributed by atoms with Gasteiger partial charge in [-0.05, 0) is 62.7 Å². The first-order valence-electron chi connectivity index (χ1n) is 11.9. The highest BCUT2D eigenvalue weighted by Gasteiger charge is 2.35. The quantitative estimate of drug-likeness (QED) is 0.231. The minimum absolute atomic E-state index is 0.159. The van der Waals surface area contributed by atoms with E-state index in [9.17, 15) is 0 Å². The van der Waals surface area contributed by atoms with Gasteiger partial charge in [0.25, 0.3) is 0 Å². The van der Waals surface area contributed by atoms with Crippen LogP contribution in [0.2, 0.25) is 0 Å². The summed E-state index contributed by atoms with van der Waals surface area (Å²) in [5.41, 5.74) is 12.3. The molecule has 2 aliphatic rings. The minimum Gasteiger partial charge on any atom is -0.457 e. The maximum Gasteiger partial charge on any atom is 0.132 e. The fourth-order valence-electron chi connectivity index (χ4n) is 5.79. The third-order valence-electron chi connectivity index (χ3n) is 7.52. The molecule has 0 atom stereocenters. The molecule has 0 spiro atoms. The molecule has 0 radical (unpaired) electrons. The Bertz CT molecular complexity index is 1610. The summed E-state index contributed by atoms with van der Waals surface area (Å²) < 4.78 is 6.52. The van der Waals surface area contributed by atoms with Crippen LogP contribution in [-0.2, 0) is 5.41 Å². The van der Waals surface area contributed by atoms with Crippen molar-refractivity contribution in [3.05, 3.63) is 120 Å². The molecule has 0 bridgehead atoms. The van der Waals surface area contributed by atoms with Crippen molar-refractivity contribution in [2.24, 2.45) is 0 Å². The highest BCUT2D eigenvalue weighted by molar-refractivity contribution is 6.03. The molecule has 5 aromatic carbocycles. The van der Waals surface area contributed by atoms with Gasteiger partial charge in [0.1, 0.15) is 11.5 Å². The van der Waals surface area contributed by atoms with Crippen molar-refractivity contribution < 1.29 is 4.74 Å². The number of ether oxygens (including phenoxy) is 1. The van der Waals surface area contributed by atoms with E-state index < -0.39 is 0 Å². The predicted octanol–water partition coefficient (Wildman–Crippen LogP) is 9.10. The van der Waals surface area contributed by atoms with Gasteiger partial charge in [-0.15, -0.1) is 0 Å². The van der Waals surface area contributed by atoms with Crippen LogP contribution < -0.4 is 4.74 Å². The fourth-order valence-corrected chi connectivity index (χ4v) is 5.79. The molecular weight excluding hydrogens is 412 g/mol. The van der Waals surface area contributed by atoms with E-state index in [1.165, 1.54) is 55.6 Å². The van der Waals surface area contributed by atoms with Gasteiger partial charge in [0.05, 0.1) is 0 Å². The zero-order valence-corrected chi connectivity index (χ0v) is 19.3. The van der Waals surface area contributed by atoms with Gasteiger partial charge >= 0.3 is 0 Å². The van der Waals surface area contributed by atoms with E-state index in [0.717, 1.165) is 11.5 Å². The summed E-state index contributed by atoms with van der Waals surface area (Å²) in [5, 5.41) is 0. The second-order valence-electron chi connectivity index (χ2n) is 9.75. The lowest BCUT2D eigenvalue weighted by Crippen LogP contribution is -2.24. The number of rotatable bonds is 0. The fraction of sp³-hybridized carbons (Fsp3) is 0.0909. The molecule has 5 aromatic rings. The van der Waals surface area contributed by atoms with Crippen molar-refractivity contribution in [3.63, 3.8) is 0 Å². The summed E-state index contributed by atoms with van der Waals surface area (Å²) in [6.07, 6.45) is 0. The number of hydrogen-bond acceptors (Lipinski definition) is 1. The monoisotopic (exact) mass is 436 g/mol. The Morgan fingerprint density at radius 1 is 0.412 bits per heavy atom. The molecule has 0 aromatic heterocycles. The normalized spacial score (nSPS) is 14.1. The summed E-state index contributed by atoms with van der Waals surface area (Å²) in [5.74, 6) is 1.90. The van der Waals surface area contributed by atoms with Crippen LogP contribution in [0.25, 0.3) is 44.5 Å². The second-order valence-corrected chi connectivity index (χ2v) is 9.75. The Morgan fingerprint density at radius 2 is 0.824 bits per heavy atom. The van der Waals surface area contributed by atoms with Gasteiger partial charge in [-0.3, -0.25) is 0 Å². The van der Waals surface area contributed by atoms with E-state index in [2.05, 4.69) is 123 Å². The van der Waals surface area contributed by atoms with Gasteiger partial charge < -0.3 is 4.74 Å². The lowest BCUT2D eigenvalue weighted by molar-refractivity contribution is 0.418. The molecule has 162 valence electrons. The van der Waals surface area contributed by atoms with Crippen LogP contribution in [0.3, 0.4) is 0 Å². The molecule has 0 unspecified atom stereocenters. The Balaban J connectivity index is 1.61. The molecule has 1 heteroatoms. The zero-order chi connectivity index (χ0) is 22.9. The molecule has 0 fully saturated rings. The lowest BCUT2D eigenvalue weighted by atomic mass is 9.73. The standard InChI is InChI=1S/C33H24O/c1-33(2)29-17-9-10-18-31(29)34-32-20-28-26-16-8-6-14-24(26)22-12-4-3-11-21(22)23-13-5-7-15-25(23)27(28)19-30(32)33/h3-20H,1-2H3. The highest BCUT2D eigenvalue weighted by atomic mass is 16.5. The van der Waals surface area contributed by atoms with Gasteiger partial charge in [0.2, 0.25) is 0 Å². The molecule has 0 saturated heterocycles. The Hall–Kier alpha value is -4.10. The second kappa shape index (κ2) is 6.95. The molecule has 0 saturated carbocycles. The number of benzene rings is 5. The molecule has 34 heavy (non-hydrogen) atoms. The summed E-state index contributed by atoms with van der Waals surface area (Å²) in [7, 11) is 0. The number of para-hydroxylation sites is 1. The SMILES string of the molecule is CC1(C)c2ccccc2Oc2cc3c(cc21)-c1ccccc1-c1ccccc1-c1ccccc1-3. The number of hydrogen-bond donors (Lipinski definition) is 0. The average molecular weight is 437 g/mol. The Labute approximate surface area is 200 Å². The molecular formula is C33H24O. The van der Waals surface area contributed by atoms with E-state index in [-0.39, 0.29) is 5.41 Å². The summed E-state index contributed by atoms with van der Waals surface area (Å²) >= 11 is 0. The maximum atomic E-state index is 6.52. The van der Waals surface area contributed by atoms with E-state index in [1.54, 1.807) is 0 Å². The number of fused-ring (bicyclic) bond motifs is 10. The van der Waals surface area contributed by atoms with Crippen LogP contribution in [-0.4, -0.2) is 0 Å². The molecule has 1 aliphatic carbocycles. The van der Waals surface area contributed by atoms with Crippen molar-refractivity contribution in [1.82, 2.24) is 0 Å². The van der Waals surface area contributed by atoms with Crippen LogP contribution in [0.15, 0.2) is 109 Å². The smallest absolute Gasteiger partial charge is 0.132 e. The van der Waals surface area contributed by atoms with Crippen molar-refractivity contribution in [1.29, 1.82) is 0 Å². The van der Waals surface area contributed by atoms with E-state index in [4.69, 9.17) is 4.74 Å². The molecule has 1 heterocycles. The summed E-state index contributed by atoms with van der Waals surface area (Å²) in [6, 6.07) is 39.4. The van der Waals surface area contributed by atoms with E-state index in [1.807, 2.05) is 0 Å². The molecule has 1 nitrogen and oxygen atoms in total. The van der Waals surface area contributed by atoms with Crippen LogP contribution >= 0.6 is 0 Å². The van der Waals surface area contributed by atoms with Crippen molar-refractivity contribution in [2.45, 2.75) is 19.3 Å². The highest BCUT2D eigenvalue weighted by Crippen LogP contribution is 2.54. The first-order valence-corrected chi connectivity index (χ1v) is 11.9. The van der Waals surface area contributed by atoms with Crippen LogP contribution in [0.4, 0.5) is 0 Å². The van der Waals surface area contributed by atoms with Gasteiger partial charge in [0.15, 0.2) is 0 Å². The van der Waals surface area contributed by atoms with Crippen molar-refractivity contribution in [2.75, 3.05) is 0 Å². The van der Waals surface area contributed by atoms with E-state index in [0.29, 0.717) is 0 Å². The first-order chi connectivity index (χ1) is 16.6. The zero-order valence-electron chi connectivity index (χ0n) is 19.3. The van der Waals surface area contributed by atoms with Crippen LogP contribution in [0.5, 0.6) is 11.5 Å². The largest absolute Gasteiger partial charge is 0.457 e. The summed E-state index contributed by atoms with van der Waals surface area (Å²) in [4.78, 5) is 0. The van der Waals surface area contributed by atoms with Gasteiger partial charge in [-0.2, -0.15) is 0 Å². The molecule has 0 N–H and O–H groups in total. The Morgan fingerprint density at radius 3 is 1.35 bits per heavy atom. The first kappa shape index (κ1) is 19.4. The molecule has 1 aliphatic heterocycles. The third-order valence-corrected chi connectivity index (χ3v) is 7.52. The van der Waals surface area contributed by atoms with Crippen LogP contribution in [0, 0.1) is 0 Å². The average Bonchev–Trinajstić information content (AvgIpc) is 2.87. The van der Waals surface area contributed by atoms with Crippen molar-refractivity contribution >= 4 is 0 Å². The summed E-state index contributed by atoms with van der Waals surface area (Å²) in [6.45, 7) is 4.61. The van der Waals surface area contributed by atoms with Crippen molar-refractivity contribution in [3.8, 4) is 56.0 Å². The van der Waals surface area contributed by atoms with Gasteiger partial charge in [0, 0.05) is 16.5 Å². The topological polar surface area (TPSA) is 9.23 Å². The molecule has 7 rings (SSSR count). The molecule has 0 amide bonds. The predicted molar refractivity (Wildman–Crippen MR) is 140 cm³/mol. The van der Waals surface area contributed by atoms with Gasteiger partial charge in [-0.1, -0.05) is 105 Å².